The van der Waals surface area contributed by atoms with Crippen LogP contribution in [-0.4, -0.2) is 106 Å². The monoisotopic (exact) mass is 1070 g/mol. The van der Waals surface area contributed by atoms with Crippen LogP contribution in [0.5, 0.6) is 17.2 Å². The molecule has 2 unspecified atom stereocenters. The van der Waals surface area contributed by atoms with Gasteiger partial charge in [-0.15, -0.1) is 0 Å². The third kappa shape index (κ3) is 20.2. The van der Waals surface area contributed by atoms with Crippen LogP contribution in [0.4, 0.5) is 0 Å². The van der Waals surface area contributed by atoms with Gasteiger partial charge in [0.25, 0.3) is 0 Å². The second-order valence-corrected chi connectivity index (χ2v) is 21.3. The standard InChI is InChI=1S/C66H89N3O9/c67-66(75,69-64(51-72,52-73)44-41-58-30-34-60(35-31-58)76-46-16-2-1-7-19-54-20-8-3-9-21-54)65(53-74,45-42-59-32-38-61(39-33-59)77-47-17-6-14-26-55-22-10-4-11-23-55)68-63(49-70,50-71)43-40-57-28-36-62(37-29-57)78-48-18-15-27-56-24-12-5-13-25-56/h3-5,8-13,20-25,28-39,68-75H,1-2,6-7,14-19,26-27,40-53,67H2. The summed E-state index contributed by atoms with van der Waals surface area (Å²) in [5.41, 5.74) is 8.82. The van der Waals surface area contributed by atoms with Gasteiger partial charge in [-0.2, -0.15) is 0 Å². The minimum absolute atomic E-state index is 0.00629. The highest BCUT2D eigenvalue weighted by Crippen LogP contribution is 2.32. The Morgan fingerprint density at radius 1 is 0.321 bits per heavy atom. The summed E-state index contributed by atoms with van der Waals surface area (Å²) in [4.78, 5) is 0. The molecule has 0 aliphatic heterocycles. The van der Waals surface area contributed by atoms with Crippen molar-refractivity contribution in [1.82, 2.24) is 10.6 Å². The minimum atomic E-state index is -2.54. The van der Waals surface area contributed by atoms with Crippen molar-refractivity contribution in [1.29, 1.82) is 0 Å². The third-order valence-electron chi connectivity index (χ3n) is 15.2. The Hall–Kier alpha value is -5.64. The van der Waals surface area contributed by atoms with Gasteiger partial charge >= 0.3 is 0 Å². The number of hydrogen-bond acceptors (Lipinski definition) is 12. The molecule has 0 spiro atoms. The van der Waals surface area contributed by atoms with Crippen LogP contribution in [0.25, 0.3) is 0 Å². The Labute approximate surface area is 464 Å². The van der Waals surface area contributed by atoms with Crippen molar-refractivity contribution in [2.75, 3.05) is 52.9 Å². The van der Waals surface area contributed by atoms with E-state index in [2.05, 4.69) is 83.4 Å². The Kier molecular flexibility index (Phi) is 26.1. The number of hydrogen-bond donors (Lipinski definition) is 9. The van der Waals surface area contributed by atoms with Crippen molar-refractivity contribution in [3.63, 3.8) is 0 Å². The summed E-state index contributed by atoms with van der Waals surface area (Å²) < 4.78 is 18.2. The van der Waals surface area contributed by atoms with Crippen molar-refractivity contribution in [2.45, 2.75) is 138 Å². The minimum Gasteiger partial charge on any atom is -0.494 e. The average molecular weight is 1070 g/mol. The predicted octanol–water partition coefficient (Wildman–Crippen LogP) is 9.22. The molecular formula is C66H89N3O9. The van der Waals surface area contributed by atoms with Crippen molar-refractivity contribution in [2.24, 2.45) is 5.73 Å². The second kappa shape index (κ2) is 33.1. The quantitative estimate of drug-likeness (QED) is 0.0131. The van der Waals surface area contributed by atoms with Crippen LogP contribution in [0.1, 0.15) is 110 Å². The molecule has 0 radical (unpaired) electrons. The predicted molar refractivity (Wildman–Crippen MR) is 312 cm³/mol. The number of aliphatic hydroxyl groups excluding tert-OH is 5. The number of benzene rings is 6. The van der Waals surface area contributed by atoms with Gasteiger partial charge in [0, 0.05) is 0 Å². The van der Waals surface area contributed by atoms with E-state index in [0.717, 1.165) is 111 Å². The first-order valence-electron chi connectivity index (χ1n) is 28.5. The van der Waals surface area contributed by atoms with E-state index in [1.54, 1.807) is 0 Å². The molecular weight excluding hydrogens is 979 g/mol. The second-order valence-electron chi connectivity index (χ2n) is 21.3. The lowest BCUT2D eigenvalue weighted by molar-refractivity contribution is -0.144. The van der Waals surface area contributed by atoms with Crippen LogP contribution in [-0.2, 0) is 38.5 Å². The molecule has 0 heterocycles. The molecule has 12 heteroatoms. The van der Waals surface area contributed by atoms with Crippen molar-refractivity contribution in [3.05, 3.63) is 197 Å². The van der Waals surface area contributed by atoms with Crippen molar-refractivity contribution in [3.8, 4) is 17.2 Å². The van der Waals surface area contributed by atoms with E-state index in [0.29, 0.717) is 39.1 Å². The lowest BCUT2D eigenvalue weighted by Gasteiger charge is -2.52. The van der Waals surface area contributed by atoms with Crippen LogP contribution in [0, 0.1) is 0 Å². The lowest BCUT2D eigenvalue weighted by Crippen LogP contribution is -2.83. The maximum Gasteiger partial charge on any atom is 0.191 e. The number of nitrogens with one attached hydrogen (secondary N) is 2. The van der Waals surface area contributed by atoms with E-state index in [9.17, 15) is 30.6 Å². The molecule has 78 heavy (non-hydrogen) atoms. The summed E-state index contributed by atoms with van der Waals surface area (Å²) in [6.45, 7) is -1.30. The number of aliphatic hydroxyl groups is 6. The summed E-state index contributed by atoms with van der Waals surface area (Å²) in [5.74, 6) is -0.316. The number of nitrogens with two attached hydrogens (primary N) is 1. The number of unbranched alkanes of at least 4 members (excludes halogenated alkanes) is 6. The van der Waals surface area contributed by atoms with Crippen molar-refractivity contribution >= 4 is 0 Å². The Bertz CT molecular complexity index is 2490. The highest BCUT2D eigenvalue weighted by atomic mass is 16.5. The zero-order chi connectivity index (χ0) is 55.2. The SMILES string of the molecule is NC(O)(NC(CO)(CO)CCc1ccc(OCCCCCCc2ccccc2)cc1)C(CO)(CCc1ccc(OCCCCCc2ccccc2)cc1)NC(CO)(CO)CCc1ccc(OCCCCc2ccccc2)cc1. The lowest BCUT2D eigenvalue weighted by atomic mass is 9.80. The summed E-state index contributed by atoms with van der Waals surface area (Å²) in [6.07, 6.45) is 13.9. The molecule has 6 aromatic carbocycles. The van der Waals surface area contributed by atoms with E-state index >= 15 is 0 Å². The number of aryl methyl sites for hydroxylation is 6. The average Bonchev–Trinajstić information content (AvgIpc) is 3.50. The first-order valence-corrected chi connectivity index (χ1v) is 28.5. The van der Waals surface area contributed by atoms with E-state index < -0.39 is 55.5 Å². The fourth-order valence-electron chi connectivity index (χ4n) is 10.0. The van der Waals surface area contributed by atoms with Crippen LogP contribution < -0.4 is 30.6 Å². The molecule has 0 aromatic heterocycles. The van der Waals surface area contributed by atoms with Crippen LogP contribution in [0.3, 0.4) is 0 Å². The van der Waals surface area contributed by atoms with Crippen LogP contribution in [0.2, 0.25) is 0 Å². The molecule has 0 saturated heterocycles. The molecule has 10 N–H and O–H groups in total. The van der Waals surface area contributed by atoms with Crippen LogP contribution >= 0.6 is 0 Å². The normalized spacial score (nSPS) is 13.4. The van der Waals surface area contributed by atoms with Gasteiger partial charge in [0.15, 0.2) is 5.85 Å². The first kappa shape index (κ1) is 61.6. The van der Waals surface area contributed by atoms with Gasteiger partial charge < -0.3 is 44.8 Å². The van der Waals surface area contributed by atoms with Gasteiger partial charge in [0.05, 0.1) is 69.5 Å². The fourth-order valence-corrected chi connectivity index (χ4v) is 10.0. The van der Waals surface area contributed by atoms with Crippen LogP contribution in [0.15, 0.2) is 164 Å². The van der Waals surface area contributed by atoms with E-state index in [4.69, 9.17) is 19.9 Å². The Balaban J connectivity index is 1.09. The molecule has 2 atom stereocenters. The number of ether oxygens (including phenoxy) is 3. The van der Waals surface area contributed by atoms with Gasteiger partial charge in [-0.05, 0) is 173 Å². The fraction of sp³-hybridized carbons (Fsp3) is 0.455. The van der Waals surface area contributed by atoms with Gasteiger partial charge in [-0.1, -0.05) is 140 Å². The molecule has 0 bridgehead atoms. The molecule has 6 rings (SSSR count). The molecule has 0 amide bonds. The Morgan fingerprint density at radius 2 is 0.615 bits per heavy atom. The summed E-state index contributed by atoms with van der Waals surface area (Å²) in [6, 6.07) is 54.5. The summed E-state index contributed by atoms with van der Waals surface area (Å²) >= 11 is 0. The van der Waals surface area contributed by atoms with Gasteiger partial charge in [-0.3, -0.25) is 16.4 Å². The van der Waals surface area contributed by atoms with Gasteiger partial charge in [0.1, 0.15) is 17.2 Å². The molecule has 0 aliphatic rings. The highest BCUT2D eigenvalue weighted by molar-refractivity contribution is 5.30. The zero-order valence-electron chi connectivity index (χ0n) is 46.0. The molecule has 12 nitrogen and oxygen atoms in total. The highest BCUT2D eigenvalue weighted by Gasteiger charge is 2.54. The maximum atomic E-state index is 12.6. The van der Waals surface area contributed by atoms with E-state index in [1.807, 2.05) is 91.0 Å². The van der Waals surface area contributed by atoms with E-state index in [1.165, 1.54) is 16.7 Å². The van der Waals surface area contributed by atoms with Gasteiger partial charge in [0.2, 0.25) is 0 Å². The largest absolute Gasteiger partial charge is 0.494 e. The Morgan fingerprint density at radius 3 is 0.974 bits per heavy atom. The third-order valence-corrected chi connectivity index (χ3v) is 15.2. The molecule has 0 fully saturated rings. The number of rotatable bonds is 40. The molecule has 0 aliphatic carbocycles. The van der Waals surface area contributed by atoms with Crippen molar-refractivity contribution < 1.29 is 44.8 Å². The van der Waals surface area contributed by atoms with Gasteiger partial charge in [-0.25, -0.2) is 0 Å². The molecule has 0 saturated carbocycles. The smallest absolute Gasteiger partial charge is 0.191 e. The summed E-state index contributed by atoms with van der Waals surface area (Å²) in [5, 5.41) is 74.8. The zero-order valence-corrected chi connectivity index (χ0v) is 46.0. The topological polar surface area (TPSA) is 199 Å². The summed E-state index contributed by atoms with van der Waals surface area (Å²) in [7, 11) is 0. The maximum absolute atomic E-state index is 12.6. The first-order chi connectivity index (χ1) is 38.1. The van der Waals surface area contributed by atoms with E-state index in [-0.39, 0.29) is 19.3 Å². The molecule has 422 valence electrons. The molecule has 6 aromatic rings.